The maximum atomic E-state index is 12.3. The molecule has 1 atom stereocenters. The number of hydrogen-bond donors (Lipinski definition) is 1. The molecule has 0 aliphatic carbocycles. The van der Waals surface area contributed by atoms with Gasteiger partial charge in [-0.1, -0.05) is 13.8 Å². The Morgan fingerprint density at radius 1 is 1.52 bits per heavy atom. The predicted molar refractivity (Wildman–Crippen MR) is 81.2 cm³/mol. The lowest BCUT2D eigenvalue weighted by molar-refractivity contribution is -0.389. The van der Waals surface area contributed by atoms with Gasteiger partial charge in [0.05, 0.1) is 0 Å². The maximum absolute atomic E-state index is 12.3. The summed E-state index contributed by atoms with van der Waals surface area (Å²) in [4.78, 5) is 39.4. The number of nitrogens with zero attached hydrogens (tertiary/aromatic N) is 3. The molecule has 23 heavy (non-hydrogen) atoms. The first-order valence-corrected chi connectivity index (χ1v) is 7.19. The highest BCUT2D eigenvalue weighted by molar-refractivity contribution is 6.02. The van der Waals surface area contributed by atoms with Crippen molar-refractivity contribution in [2.75, 3.05) is 18.0 Å². The molecular weight excluding hydrogens is 304 g/mol. The molecule has 0 aromatic carbocycles. The summed E-state index contributed by atoms with van der Waals surface area (Å²) in [5.74, 6) is -0.751. The van der Waals surface area contributed by atoms with Gasteiger partial charge in [-0.25, -0.2) is 0 Å². The molecule has 0 fully saturated rings. The van der Waals surface area contributed by atoms with Crippen LogP contribution in [0.3, 0.4) is 0 Å². The van der Waals surface area contributed by atoms with E-state index in [1.807, 2.05) is 13.8 Å². The van der Waals surface area contributed by atoms with Gasteiger partial charge in [-0.05, 0) is 28.8 Å². The van der Waals surface area contributed by atoms with Gasteiger partial charge in [-0.15, -0.1) is 0 Å². The molecule has 0 spiro atoms. The first kappa shape index (κ1) is 16.7. The molecular formula is C14H18N4O5. The summed E-state index contributed by atoms with van der Waals surface area (Å²) >= 11 is 0. The molecule has 0 saturated heterocycles. The molecule has 1 aliphatic rings. The van der Waals surface area contributed by atoms with Crippen LogP contribution >= 0.6 is 0 Å². The van der Waals surface area contributed by atoms with Crippen LogP contribution in [0, 0.1) is 16.0 Å². The largest absolute Gasteiger partial charge is 0.475 e. The molecule has 1 aromatic heterocycles. The normalized spacial score (nSPS) is 16.8. The van der Waals surface area contributed by atoms with E-state index < -0.39 is 22.8 Å². The summed E-state index contributed by atoms with van der Waals surface area (Å²) in [7, 11) is 0. The van der Waals surface area contributed by atoms with Crippen LogP contribution in [0.1, 0.15) is 20.8 Å². The maximum Gasteiger partial charge on any atom is 0.366 e. The molecule has 9 heteroatoms. The third-order valence-electron chi connectivity index (χ3n) is 3.19. The van der Waals surface area contributed by atoms with Crippen LogP contribution in [-0.4, -0.2) is 40.9 Å². The minimum absolute atomic E-state index is 0.0120. The van der Waals surface area contributed by atoms with Gasteiger partial charge in [0.15, 0.2) is 11.9 Å². The molecule has 2 heterocycles. The summed E-state index contributed by atoms with van der Waals surface area (Å²) in [5.41, 5.74) is 0. The Balaban J connectivity index is 2.27. The number of fused-ring (bicyclic) bond motifs is 1. The van der Waals surface area contributed by atoms with E-state index in [1.54, 1.807) is 6.92 Å². The Kier molecular flexibility index (Phi) is 4.77. The number of rotatable bonds is 5. The van der Waals surface area contributed by atoms with E-state index in [0.717, 1.165) is 4.90 Å². The van der Waals surface area contributed by atoms with Crippen LogP contribution in [0.15, 0.2) is 12.1 Å². The second-order valence-corrected chi connectivity index (χ2v) is 5.63. The van der Waals surface area contributed by atoms with E-state index in [2.05, 4.69) is 10.3 Å². The lowest BCUT2D eigenvalue weighted by atomic mass is 10.2. The minimum Gasteiger partial charge on any atom is -0.475 e. The monoisotopic (exact) mass is 322 g/mol. The van der Waals surface area contributed by atoms with Gasteiger partial charge in [0.25, 0.3) is 11.7 Å². The molecule has 2 amide bonds. The number of carbonyl (C=O) groups is 2. The Hall–Kier alpha value is -2.71. The number of ether oxygens (including phenoxy) is 1. The average molecular weight is 322 g/mol. The summed E-state index contributed by atoms with van der Waals surface area (Å²) < 4.78 is 5.38. The van der Waals surface area contributed by atoms with Crippen LogP contribution in [0.25, 0.3) is 0 Å². The van der Waals surface area contributed by atoms with Crippen LogP contribution in [-0.2, 0) is 9.59 Å². The first-order chi connectivity index (χ1) is 10.8. The van der Waals surface area contributed by atoms with Crippen molar-refractivity contribution in [3.05, 3.63) is 22.2 Å². The van der Waals surface area contributed by atoms with E-state index in [1.165, 1.54) is 12.1 Å². The van der Waals surface area contributed by atoms with Crippen molar-refractivity contribution < 1.29 is 19.2 Å². The zero-order chi connectivity index (χ0) is 17.1. The number of nitrogens with one attached hydrogen (secondary N) is 1. The zero-order valence-electron chi connectivity index (χ0n) is 13.1. The predicted octanol–water partition coefficient (Wildman–Crippen LogP) is 0.876. The Morgan fingerprint density at radius 2 is 2.22 bits per heavy atom. The SMILES string of the molecule is CC(C)CNC(=O)CN1C(=O)C(C)Oc2ccc([N+](=O)[O-])nc21. The molecule has 124 valence electrons. The van der Waals surface area contributed by atoms with Crippen molar-refractivity contribution >= 4 is 23.5 Å². The van der Waals surface area contributed by atoms with E-state index in [9.17, 15) is 19.7 Å². The number of pyridine rings is 1. The highest BCUT2D eigenvalue weighted by Crippen LogP contribution is 2.33. The van der Waals surface area contributed by atoms with E-state index in [-0.39, 0.29) is 29.9 Å². The van der Waals surface area contributed by atoms with Crippen molar-refractivity contribution in [1.29, 1.82) is 0 Å². The van der Waals surface area contributed by atoms with E-state index >= 15 is 0 Å². The lowest BCUT2D eigenvalue weighted by Gasteiger charge is -2.28. The third-order valence-corrected chi connectivity index (χ3v) is 3.19. The quantitative estimate of drug-likeness (QED) is 0.635. The fourth-order valence-electron chi connectivity index (χ4n) is 2.05. The van der Waals surface area contributed by atoms with Crippen molar-refractivity contribution in [2.45, 2.75) is 26.9 Å². The molecule has 0 saturated carbocycles. The van der Waals surface area contributed by atoms with Gasteiger partial charge in [0.1, 0.15) is 6.54 Å². The molecule has 2 rings (SSSR count). The van der Waals surface area contributed by atoms with Gasteiger partial charge in [-0.3, -0.25) is 14.5 Å². The second kappa shape index (κ2) is 6.59. The van der Waals surface area contributed by atoms with Crippen molar-refractivity contribution in [1.82, 2.24) is 10.3 Å². The van der Waals surface area contributed by atoms with Gasteiger partial charge in [-0.2, -0.15) is 0 Å². The Bertz CT molecular complexity index is 646. The summed E-state index contributed by atoms with van der Waals surface area (Å²) in [5, 5.41) is 13.6. The highest BCUT2D eigenvalue weighted by atomic mass is 16.6. The van der Waals surface area contributed by atoms with Crippen LogP contribution < -0.4 is 15.0 Å². The Morgan fingerprint density at radius 3 is 2.83 bits per heavy atom. The van der Waals surface area contributed by atoms with Crippen molar-refractivity contribution in [3.8, 4) is 5.75 Å². The average Bonchev–Trinajstić information content (AvgIpc) is 2.49. The topological polar surface area (TPSA) is 115 Å². The van der Waals surface area contributed by atoms with Crippen LogP contribution in [0.2, 0.25) is 0 Å². The summed E-state index contributed by atoms with van der Waals surface area (Å²) in [6, 6.07) is 2.57. The molecule has 1 N–H and O–H groups in total. The number of nitro groups is 1. The van der Waals surface area contributed by atoms with Gasteiger partial charge in [0.2, 0.25) is 5.91 Å². The van der Waals surface area contributed by atoms with Crippen molar-refractivity contribution in [3.63, 3.8) is 0 Å². The number of hydrogen-bond acceptors (Lipinski definition) is 6. The highest BCUT2D eigenvalue weighted by Gasteiger charge is 2.37. The number of amides is 2. The molecule has 1 aliphatic heterocycles. The van der Waals surface area contributed by atoms with Crippen LogP contribution in [0.5, 0.6) is 5.75 Å². The number of carbonyl (C=O) groups excluding carboxylic acids is 2. The van der Waals surface area contributed by atoms with Gasteiger partial charge >= 0.3 is 5.82 Å². The lowest BCUT2D eigenvalue weighted by Crippen LogP contribution is -2.49. The van der Waals surface area contributed by atoms with E-state index in [4.69, 9.17) is 4.74 Å². The summed E-state index contributed by atoms with van der Waals surface area (Å²) in [6.45, 7) is 5.65. The standard InChI is InChI=1S/C14H18N4O5/c1-8(2)6-15-12(19)7-17-13-10(23-9(3)14(17)20)4-5-11(16-13)18(21)22/h4-5,8-9H,6-7H2,1-3H3,(H,15,19). The smallest absolute Gasteiger partial charge is 0.366 e. The number of aromatic nitrogens is 1. The molecule has 1 unspecified atom stereocenters. The zero-order valence-corrected chi connectivity index (χ0v) is 13.1. The number of anilines is 1. The van der Waals surface area contributed by atoms with E-state index in [0.29, 0.717) is 6.54 Å². The Labute approximate surface area is 132 Å². The fourth-order valence-corrected chi connectivity index (χ4v) is 2.05. The van der Waals surface area contributed by atoms with Crippen LogP contribution in [0.4, 0.5) is 11.6 Å². The van der Waals surface area contributed by atoms with Gasteiger partial charge in [0, 0.05) is 12.6 Å². The summed E-state index contributed by atoms with van der Waals surface area (Å²) in [6.07, 6.45) is -0.788. The molecule has 0 radical (unpaired) electrons. The fraction of sp³-hybridized carbons (Fsp3) is 0.500. The third kappa shape index (κ3) is 3.74. The minimum atomic E-state index is -0.788. The molecule has 0 bridgehead atoms. The first-order valence-electron chi connectivity index (χ1n) is 7.19. The van der Waals surface area contributed by atoms with Crippen molar-refractivity contribution in [2.24, 2.45) is 5.92 Å². The molecule has 1 aromatic rings. The van der Waals surface area contributed by atoms with Gasteiger partial charge < -0.3 is 20.2 Å². The second-order valence-electron chi connectivity index (χ2n) is 5.63. The molecule has 9 nitrogen and oxygen atoms in total.